The Kier molecular flexibility index (Phi) is 3.91. The molecule has 2 rings (SSSR count). The SMILES string of the molecule is CCC1(C)C(NC)CC1Oc1cc(C)cc(C)c1C. The minimum Gasteiger partial charge on any atom is -0.489 e. The third-order valence-corrected chi connectivity index (χ3v) is 5.12. The average molecular weight is 261 g/mol. The van der Waals surface area contributed by atoms with Gasteiger partial charge >= 0.3 is 0 Å². The van der Waals surface area contributed by atoms with Crippen molar-refractivity contribution in [2.75, 3.05) is 7.05 Å². The highest BCUT2D eigenvalue weighted by atomic mass is 16.5. The zero-order valence-electron chi connectivity index (χ0n) is 13.1. The molecule has 1 saturated carbocycles. The van der Waals surface area contributed by atoms with Gasteiger partial charge in [0.15, 0.2) is 0 Å². The van der Waals surface area contributed by atoms with Gasteiger partial charge in [0.25, 0.3) is 0 Å². The van der Waals surface area contributed by atoms with Gasteiger partial charge in [0, 0.05) is 17.9 Å². The van der Waals surface area contributed by atoms with E-state index in [1.165, 1.54) is 16.7 Å². The first-order chi connectivity index (χ1) is 8.92. The molecule has 1 aliphatic carbocycles. The number of benzene rings is 1. The number of aryl methyl sites for hydroxylation is 2. The van der Waals surface area contributed by atoms with E-state index in [0.717, 1.165) is 18.6 Å². The van der Waals surface area contributed by atoms with Crippen LogP contribution in [0.25, 0.3) is 0 Å². The third-order valence-electron chi connectivity index (χ3n) is 5.12. The normalized spacial score (nSPS) is 30.0. The van der Waals surface area contributed by atoms with Crippen LogP contribution >= 0.6 is 0 Å². The van der Waals surface area contributed by atoms with Gasteiger partial charge < -0.3 is 10.1 Å². The van der Waals surface area contributed by atoms with Crippen LogP contribution in [0.4, 0.5) is 0 Å². The molecule has 19 heavy (non-hydrogen) atoms. The molecule has 0 bridgehead atoms. The number of ether oxygens (including phenoxy) is 1. The van der Waals surface area contributed by atoms with Crippen molar-refractivity contribution in [3.8, 4) is 5.75 Å². The van der Waals surface area contributed by atoms with Gasteiger partial charge in [-0.25, -0.2) is 0 Å². The van der Waals surface area contributed by atoms with E-state index in [4.69, 9.17) is 4.74 Å². The number of rotatable bonds is 4. The number of hydrogen-bond donors (Lipinski definition) is 1. The zero-order valence-corrected chi connectivity index (χ0v) is 13.1. The minimum absolute atomic E-state index is 0.249. The first-order valence-corrected chi connectivity index (χ1v) is 7.34. The summed E-state index contributed by atoms with van der Waals surface area (Å²) in [5.74, 6) is 1.07. The van der Waals surface area contributed by atoms with Crippen LogP contribution in [-0.4, -0.2) is 19.2 Å². The molecule has 2 nitrogen and oxygen atoms in total. The van der Waals surface area contributed by atoms with Crippen LogP contribution in [0.2, 0.25) is 0 Å². The van der Waals surface area contributed by atoms with Crippen LogP contribution in [0.5, 0.6) is 5.75 Å². The van der Waals surface area contributed by atoms with Gasteiger partial charge in [0.1, 0.15) is 11.9 Å². The van der Waals surface area contributed by atoms with Gasteiger partial charge in [0.2, 0.25) is 0 Å². The summed E-state index contributed by atoms with van der Waals surface area (Å²) in [6.45, 7) is 11.0. The van der Waals surface area contributed by atoms with E-state index in [9.17, 15) is 0 Å². The Morgan fingerprint density at radius 2 is 2.00 bits per heavy atom. The summed E-state index contributed by atoms with van der Waals surface area (Å²) in [7, 11) is 2.05. The van der Waals surface area contributed by atoms with Crippen LogP contribution in [0, 0.1) is 26.2 Å². The summed E-state index contributed by atoms with van der Waals surface area (Å²) in [5, 5.41) is 3.42. The second-order valence-electron chi connectivity index (χ2n) is 6.25. The summed E-state index contributed by atoms with van der Waals surface area (Å²) < 4.78 is 6.34. The summed E-state index contributed by atoms with van der Waals surface area (Å²) in [5.41, 5.74) is 4.12. The summed E-state index contributed by atoms with van der Waals surface area (Å²) in [6, 6.07) is 4.97. The lowest BCUT2D eigenvalue weighted by Gasteiger charge is -2.53. The number of nitrogens with one attached hydrogen (secondary N) is 1. The fourth-order valence-corrected chi connectivity index (χ4v) is 3.20. The van der Waals surface area contributed by atoms with Gasteiger partial charge in [-0.05, 0) is 57.0 Å². The molecule has 0 radical (unpaired) electrons. The Hall–Kier alpha value is -1.02. The fourth-order valence-electron chi connectivity index (χ4n) is 3.20. The standard InChI is InChI=1S/C17H27NO/c1-7-17(5)15(18-6)10-16(17)19-14-9-11(2)8-12(3)13(14)4/h8-9,15-16,18H,7,10H2,1-6H3. The van der Waals surface area contributed by atoms with E-state index in [0.29, 0.717) is 12.1 Å². The van der Waals surface area contributed by atoms with Crippen LogP contribution in [0.1, 0.15) is 43.4 Å². The Labute approximate surface area is 117 Å². The van der Waals surface area contributed by atoms with Crippen molar-refractivity contribution in [3.05, 3.63) is 28.8 Å². The molecule has 1 aliphatic rings. The zero-order chi connectivity index (χ0) is 14.2. The second-order valence-corrected chi connectivity index (χ2v) is 6.25. The Balaban J connectivity index is 2.19. The Morgan fingerprint density at radius 3 is 2.58 bits per heavy atom. The van der Waals surface area contributed by atoms with Crippen molar-refractivity contribution in [1.82, 2.24) is 5.32 Å². The van der Waals surface area contributed by atoms with E-state index in [1.807, 2.05) is 0 Å². The van der Waals surface area contributed by atoms with Crippen LogP contribution in [0.3, 0.4) is 0 Å². The highest BCUT2D eigenvalue weighted by Gasteiger charge is 2.51. The van der Waals surface area contributed by atoms with E-state index >= 15 is 0 Å². The molecule has 0 aliphatic heterocycles. The number of hydrogen-bond acceptors (Lipinski definition) is 2. The van der Waals surface area contributed by atoms with Crippen LogP contribution in [0.15, 0.2) is 12.1 Å². The van der Waals surface area contributed by atoms with Crippen molar-refractivity contribution in [3.63, 3.8) is 0 Å². The molecule has 0 heterocycles. The largest absolute Gasteiger partial charge is 0.489 e. The highest BCUT2D eigenvalue weighted by Crippen LogP contribution is 2.46. The first-order valence-electron chi connectivity index (χ1n) is 7.34. The van der Waals surface area contributed by atoms with Gasteiger partial charge in [0.05, 0.1) is 0 Å². The van der Waals surface area contributed by atoms with Crippen LogP contribution in [-0.2, 0) is 0 Å². The molecule has 1 aromatic rings. The van der Waals surface area contributed by atoms with Gasteiger partial charge in [-0.15, -0.1) is 0 Å². The third kappa shape index (κ3) is 2.38. The molecular formula is C17H27NO. The molecule has 0 saturated heterocycles. The molecule has 2 heteroatoms. The molecule has 1 aromatic carbocycles. The summed E-state index contributed by atoms with van der Waals surface area (Å²) in [6.07, 6.45) is 2.58. The van der Waals surface area contributed by atoms with E-state index in [1.54, 1.807) is 0 Å². The monoisotopic (exact) mass is 261 g/mol. The van der Waals surface area contributed by atoms with Gasteiger partial charge in [-0.2, -0.15) is 0 Å². The maximum Gasteiger partial charge on any atom is 0.123 e. The van der Waals surface area contributed by atoms with Crippen molar-refractivity contribution >= 4 is 0 Å². The highest BCUT2D eigenvalue weighted by molar-refractivity contribution is 5.42. The molecule has 0 aromatic heterocycles. The maximum atomic E-state index is 6.34. The lowest BCUT2D eigenvalue weighted by Crippen LogP contribution is -2.62. The van der Waals surface area contributed by atoms with Crippen LogP contribution < -0.4 is 10.1 Å². The first kappa shape index (κ1) is 14.4. The van der Waals surface area contributed by atoms with E-state index in [-0.39, 0.29) is 5.41 Å². The van der Waals surface area contributed by atoms with Crippen molar-refractivity contribution < 1.29 is 4.74 Å². The smallest absolute Gasteiger partial charge is 0.123 e. The Morgan fingerprint density at radius 1 is 1.32 bits per heavy atom. The molecule has 0 amide bonds. The fraction of sp³-hybridized carbons (Fsp3) is 0.647. The predicted molar refractivity (Wildman–Crippen MR) is 80.9 cm³/mol. The average Bonchev–Trinajstić information content (AvgIpc) is 2.38. The second kappa shape index (κ2) is 5.16. The van der Waals surface area contributed by atoms with Crippen molar-refractivity contribution in [1.29, 1.82) is 0 Å². The lowest BCUT2D eigenvalue weighted by molar-refractivity contribution is -0.0680. The Bertz CT molecular complexity index is 469. The lowest BCUT2D eigenvalue weighted by atomic mass is 9.61. The molecule has 106 valence electrons. The molecular weight excluding hydrogens is 234 g/mol. The molecule has 1 fully saturated rings. The molecule has 3 atom stereocenters. The quantitative estimate of drug-likeness (QED) is 0.891. The molecule has 0 spiro atoms. The van der Waals surface area contributed by atoms with Gasteiger partial charge in [-0.1, -0.05) is 19.9 Å². The minimum atomic E-state index is 0.249. The topological polar surface area (TPSA) is 21.3 Å². The summed E-state index contributed by atoms with van der Waals surface area (Å²) in [4.78, 5) is 0. The van der Waals surface area contributed by atoms with E-state index in [2.05, 4.69) is 59.1 Å². The van der Waals surface area contributed by atoms with E-state index < -0.39 is 0 Å². The molecule has 3 unspecified atom stereocenters. The van der Waals surface area contributed by atoms with Gasteiger partial charge in [-0.3, -0.25) is 0 Å². The summed E-state index contributed by atoms with van der Waals surface area (Å²) >= 11 is 0. The van der Waals surface area contributed by atoms with Crippen molar-refractivity contribution in [2.45, 2.75) is 59.6 Å². The van der Waals surface area contributed by atoms with Crippen molar-refractivity contribution in [2.24, 2.45) is 5.41 Å². The predicted octanol–water partition coefficient (Wildman–Crippen LogP) is 3.77. The maximum absolute atomic E-state index is 6.34. The molecule has 1 N–H and O–H groups in total.